The van der Waals surface area contributed by atoms with Crippen LogP contribution in [0.5, 0.6) is 17.2 Å². The number of hydrogen-bond acceptors (Lipinski definition) is 6. The number of aryl methyl sites for hydroxylation is 1. The first-order valence-electron chi connectivity index (χ1n) is 9.86. The number of alkyl halides is 3. The third-order valence-electron chi connectivity index (χ3n) is 4.38. The number of carbonyl (C=O) groups is 1. The molecule has 170 valence electrons. The second-order valence-corrected chi connectivity index (χ2v) is 7.09. The van der Waals surface area contributed by atoms with Gasteiger partial charge in [-0.25, -0.2) is 4.79 Å². The minimum absolute atomic E-state index is 0.0436. The van der Waals surface area contributed by atoms with Gasteiger partial charge in [0.2, 0.25) is 11.2 Å². The molecule has 2 aromatic carbocycles. The van der Waals surface area contributed by atoms with E-state index >= 15 is 0 Å². The van der Waals surface area contributed by atoms with Crippen LogP contribution >= 0.6 is 0 Å². The van der Waals surface area contributed by atoms with Gasteiger partial charge in [0.15, 0.2) is 6.10 Å². The van der Waals surface area contributed by atoms with Crippen molar-refractivity contribution in [1.82, 2.24) is 0 Å². The van der Waals surface area contributed by atoms with Crippen LogP contribution in [0.1, 0.15) is 31.6 Å². The fraction of sp³-hybridized carbons (Fsp3) is 0.304. The summed E-state index contributed by atoms with van der Waals surface area (Å²) in [7, 11) is 0. The molecule has 0 aliphatic carbocycles. The molecule has 0 fully saturated rings. The first kappa shape index (κ1) is 23.2. The topological polar surface area (TPSA) is 75.0 Å². The molecule has 0 saturated heterocycles. The molecule has 0 saturated carbocycles. The van der Waals surface area contributed by atoms with Gasteiger partial charge in [-0.05, 0) is 50.1 Å². The molecular weight excluding hydrogens is 429 g/mol. The maximum atomic E-state index is 13.7. The first-order chi connectivity index (χ1) is 15.1. The molecule has 1 heterocycles. The number of carbonyl (C=O) groups excluding carboxylic acids is 1. The van der Waals surface area contributed by atoms with Gasteiger partial charge in [-0.3, -0.25) is 4.79 Å². The Morgan fingerprint density at radius 1 is 1.12 bits per heavy atom. The number of ether oxygens (including phenoxy) is 3. The fourth-order valence-corrected chi connectivity index (χ4v) is 2.88. The van der Waals surface area contributed by atoms with Gasteiger partial charge < -0.3 is 18.6 Å². The van der Waals surface area contributed by atoms with Crippen LogP contribution in [0.15, 0.2) is 51.7 Å². The van der Waals surface area contributed by atoms with Crippen LogP contribution in [0.4, 0.5) is 13.2 Å². The molecule has 3 aromatic rings. The van der Waals surface area contributed by atoms with Gasteiger partial charge in [0.25, 0.3) is 5.76 Å². The lowest BCUT2D eigenvalue weighted by atomic mass is 10.2. The van der Waals surface area contributed by atoms with Gasteiger partial charge in [0.05, 0.1) is 12.0 Å². The summed E-state index contributed by atoms with van der Waals surface area (Å²) in [6.07, 6.45) is -5.36. The molecule has 1 atom stereocenters. The van der Waals surface area contributed by atoms with Crippen LogP contribution in [-0.4, -0.2) is 18.7 Å². The lowest BCUT2D eigenvalue weighted by Gasteiger charge is -2.15. The summed E-state index contributed by atoms with van der Waals surface area (Å²) in [6, 6.07) is 9.99. The maximum Gasteiger partial charge on any atom is 0.453 e. The van der Waals surface area contributed by atoms with Crippen molar-refractivity contribution in [3.05, 3.63) is 64.0 Å². The van der Waals surface area contributed by atoms with Gasteiger partial charge in [-0.1, -0.05) is 19.1 Å². The van der Waals surface area contributed by atoms with E-state index in [1.54, 1.807) is 19.1 Å². The molecule has 9 heteroatoms. The number of rotatable bonds is 7. The number of esters is 1. The number of hydrogen-bond donors (Lipinski definition) is 0. The van der Waals surface area contributed by atoms with Crippen LogP contribution in [0.3, 0.4) is 0 Å². The lowest BCUT2D eigenvalue weighted by Crippen LogP contribution is -2.26. The van der Waals surface area contributed by atoms with Gasteiger partial charge >= 0.3 is 12.1 Å². The Bertz CT molecular complexity index is 1180. The SMILES string of the molecule is CCCOC(=O)[C@@H](C)Oc1ccc2c(=O)c(Oc3cccc(C)c3)c(C(F)(F)F)oc2c1. The van der Waals surface area contributed by atoms with E-state index in [0.29, 0.717) is 6.42 Å². The summed E-state index contributed by atoms with van der Waals surface area (Å²) < 4.78 is 61.8. The average molecular weight is 450 g/mol. The fourth-order valence-electron chi connectivity index (χ4n) is 2.88. The zero-order chi connectivity index (χ0) is 23.5. The third kappa shape index (κ3) is 5.22. The van der Waals surface area contributed by atoms with Crippen LogP contribution in [-0.2, 0) is 15.7 Å². The highest BCUT2D eigenvalue weighted by atomic mass is 19.4. The molecule has 0 radical (unpaired) electrons. The molecule has 0 spiro atoms. The normalized spacial score (nSPS) is 12.4. The molecule has 32 heavy (non-hydrogen) atoms. The highest BCUT2D eigenvalue weighted by Gasteiger charge is 2.40. The van der Waals surface area contributed by atoms with Crippen molar-refractivity contribution in [3.63, 3.8) is 0 Å². The third-order valence-corrected chi connectivity index (χ3v) is 4.38. The van der Waals surface area contributed by atoms with E-state index in [1.165, 1.54) is 31.2 Å². The molecule has 0 amide bonds. The zero-order valence-corrected chi connectivity index (χ0v) is 17.6. The molecule has 0 unspecified atom stereocenters. The molecule has 3 rings (SSSR count). The van der Waals surface area contributed by atoms with Crippen LogP contribution in [0.2, 0.25) is 0 Å². The van der Waals surface area contributed by atoms with Gasteiger partial charge in [0.1, 0.15) is 17.1 Å². The highest BCUT2D eigenvalue weighted by Crippen LogP contribution is 2.38. The largest absolute Gasteiger partial charge is 0.479 e. The predicted octanol–water partition coefficient (Wildman–Crippen LogP) is 5.63. The Morgan fingerprint density at radius 2 is 1.88 bits per heavy atom. The summed E-state index contributed by atoms with van der Waals surface area (Å²) in [6.45, 7) is 5.23. The summed E-state index contributed by atoms with van der Waals surface area (Å²) in [4.78, 5) is 24.7. The summed E-state index contributed by atoms with van der Waals surface area (Å²) in [5.74, 6) is -3.03. The molecule has 0 aliphatic heterocycles. The summed E-state index contributed by atoms with van der Waals surface area (Å²) >= 11 is 0. The second-order valence-electron chi connectivity index (χ2n) is 7.09. The van der Waals surface area contributed by atoms with Crippen LogP contribution in [0.25, 0.3) is 11.0 Å². The summed E-state index contributed by atoms with van der Waals surface area (Å²) in [5.41, 5.74) is -0.595. The van der Waals surface area contributed by atoms with Crippen molar-refractivity contribution < 1.29 is 36.6 Å². The van der Waals surface area contributed by atoms with E-state index in [-0.39, 0.29) is 29.1 Å². The zero-order valence-electron chi connectivity index (χ0n) is 17.6. The second kappa shape index (κ2) is 9.33. The quantitative estimate of drug-likeness (QED) is 0.434. The minimum Gasteiger partial charge on any atom is -0.479 e. The molecule has 0 bridgehead atoms. The first-order valence-corrected chi connectivity index (χ1v) is 9.86. The van der Waals surface area contributed by atoms with E-state index in [2.05, 4.69) is 0 Å². The number of fused-ring (bicyclic) bond motifs is 1. The Hall–Kier alpha value is -3.49. The minimum atomic E-state index is -4.99. The van der Waals surface area contributed by atoms with E-state index in [4.69, 9.17) is 18.6 Å². The standard InChI is InChI=1S/C23H21F3O6/c1-4-10-29-22(28)14(3)30-16-8-9-17-18(12-16)32-21(23(24,25)26)20(19(17)27)31-15-7-5-6-13(2)11-15/h5-9,11-12,14H,4,10H2,1-3H3/t14-/m1/s1. The average Bonchev–Trinajstić information content (AvgIpc) is 2.73. The van der Waals surface area contributed by atoms with E-state index in [0.717, 1.165) is 11.6 Å². The lowest BCUT2D eigenvalue weighted by molar-refractivity contribution is -0.154. The Morgan fingerprint density at radius 3 is 2.53 bits per heavy atom. The Kier molecular flexibility index (Phi) is 6.76. The van der Waals surface area contributed by atoms with Crippen LogP contribution in [0, 0.1) is 6.92 Å². The molecule has 6 nitrogen and oxygen atoms in total. The van der Waals surface area contributed by atoms with Gasteiger partial charge in [0, 0.05) is 6.07 Å². The Balaban J connectivity index is 2.01. The molecule has 0 N–H and O–H groups in total. The van der Waals surface area contributed by atoms with Crippen LogP contribution < -0.4 is 14.9 Å². The number of halogens is 3. The highest BCUT2D eigenvalue weighted by molar-refractivity contribution is 5.80. The summed E-state index contributed by atoms with van der Waals surface area (Å²) in [5, 5.41) is -0.130. The van der Waals surface area contributed by atoms with Crippen molar-refractivity contribution in [2.24, 2.45) is 0 Å². The van der Waals surface area contributed by atoms with Crippen molar-refractivity contribution in [2.75, 3.05) is 6.61 Å². The smallest absolute Gasteiger partial charge is 0.453 e. The van der Waals surface area contributed by atoms with Gasteiger partial charge in [-0.2, -0.15) is 13.2 Å². The monoisotopic (exact) mass is 450 g/mol. The van der Waals surface area contributed by atoms with Crippen molar-refractivity contribution >= 4 is 16.9 Å². The number of benzene rings is 2. The molecular formula is C23H21F3O6. The van der Waals surface area contributed by atoms with Crippen molar-refractivity contribution in [3.8, 4) is 17.2 Å². The molecule has 1 aromatic heterocycles. The van der Waals surface area contributed by atoms with E-state index in [9.17, 15) is 22.8 Å². The maximum absolute atomic E-state index is 13.7. The van der Waals surface area contributed by atoms with Gasteiger partial charge in [-0.15, -0.1) is 0 Å². The molecule has 0 aliphatic rings. The Labute approximate surface area is 181 Å². The van der Waals surface area contributed by atoms with Crippen molar-refractivity contribution in [1.29, 1.82) is 0 Å². The predicted molar refractivity (Wildman–Crippen MR) is 110 cm³/mol. The van der Waals surface area contributed by atoms with Crippen molar-refractivity contribution in [2.45, 2.75) is 39.5 Å². The van der Waals surface area contributed by atoms with E-state index in [1.807, 2.05) is 6.92 Å². The van der Waals surface area contributed by atoms with E-state index < -0.39 is 35.2 Å².